The van der Waals surface area contributed by atoms with E-state index < -0.39 is 74.8 Å². The van der Waals surface area contributed by atoms with Gasteiger partial charge in [-0.3, -0.25) is 0 Å². The highest BCUT2D eigenvalue weighted by Gasteiger charge is 2.45. The average molecular weight is 476 g/mol. The molecular formula is C20H28O13. The van der Waals surface area contributed by atoms with Gasteiger partial charge in [-0.25, -0.2) is 4.79 Å². The predicted octanol–water partition coefficient (Wildman–Crippen LogP) is -3.45. The summed E-state index contributed by atoms with van der Waals surface area (Å²) in [5.74, 6) is -1.58. The molecule has 8 atom stereocenters. The van der Waals surface area contributed by atoms with Gasteiger partial charge in [0.15, 0.2) is 17.8 Å². The van der Waals surface area contributed by atoms with E-state index in [1.54, 1.807) is 0 Å². The van der Waals surface area contributed by atoms with Crippen LogP contribution < -0.4 is 0 Å². The molecule has 0 spiro atoms. The van der Waals surface area contributed by atoms with Crippen LogP contribution in [0, 0.1) is 0 Å². The molecule has 1 heterocycles. The van der Waals surface area contributed by atoms with Crippen molar-refractivity contribution in [1.29, 1.82) is 0 Å². The van der Waals surface area contributed by atoms with Crippen LogP contribution in [0.1, 0.15) is 5.56 Å². The van der Waals surface area contributed by atoms with E-state index in [0.717, 1.165) is 6.08 Å². The van der Waals surface area contributed by atoms with Crippen molar-refractivity contribution in [2.45, 2.75) is 49.0 Å². The largest absolute Gasteiger partial charge is 0.504 e. The van der Waals surface area contributed by atoms with E-state index in [-0.39, 0.29) is 11.5 Å². The minimum absolute atomic E-state index is 0.331. The quantitative estimate of drug-likeness (QED) is 0.0910. The number of aliphatic hydroxyl groups excluding tert-OH is 7. The Morgan fingerprint density at radius 3 is 2.36 bits per heavy atom. The second-order valence-corrected chi connectivity index (χ2v) is 7.37. The topological polar surface area (TPSA) is 227 Å². The third kappa shape index (κ3) is 7.33. The number of benzene rings is 1. The first-order chi connectivity index (χ1) is 15.5. The molecule has 186 valence electrons. The van der Waals surface area contributed by atoms with Crippen LogP contribution in [0.5, 0.6) is 11.5 Å². The monoisotopic (exact) mass is 476 g/mol. The standard InChI is InChI=1S/C20H28O13/c21-6-12(24)16(27)13(25)7-32-20-19(30)18(29)17(28)14(33-20)8-31-15(26)4-2-9-1-3-10(22)11(23)5-9/h1-5,12-14,16-25,27-30H,6-8H2/b4-2+. The Morgan fingerprint density at radius 1 is 1.03 bits per heavy atom. The summed E-state index contributed by atoms with van der Waals surface area (Å²) in [6.45, 7) is -2.04. The molecule has 0 amide bonds. The second-order valence-electron chi connectivity index (χ2n) is 7.37. The molecule has 0 aliphatic carbocycles. The number of hydrogen-bond acceptors (Lipinski definition) is 13. The summed E-state index contributed by atoms with van der Waals surface area (Å²) < 4.78 is 15.3. The van der Waals surface area contributed by atoms with Crippen LogP contribution in [0.2, 0.25) is 0 Å². The molecule has 0 saturated carbocycles. The number of hydrogen-bond donors (Lipinski definition) is 9. The van der Waals surface area contributed by atoms with Crippen molar-refractivity contribution in [3.05, 3.63) is 29.8 Å². The number of rotatable bonds is 10. The van der Waals surface area contributed by atoms with Crippen molar-refractivity contribution in [2.75, 3.05) is 19.8 Å². The maximum atomic E-state index is 11.9. The normalized spacial score (nSPS) is 28.4. The smallest absolute Gasteiger partial charge is 0.330 e. The van der Waals surface area contributed by atoms with Crippen LogP contribution in [-0.2, 0) is 19.0 Å². The summed E-state index contributed by atoms with van der Waals surface area (Å²) in [7, 11) is 0. The third-order valence-electron chi connectivity index (χ3n) is 4.88. The number of aliphatic hydroxyl groups is 7. The Hall–Kier alpha value is -2.33. The number of carbonyl (C=O) groups excluding carboxylic acids is 1. The van der Waals surface area contributed by atoms with Gasteiger partial charge < -0.3 is 60.2 Å². The highest BCUT2D eigenvalue weighted by atomic mass is 16.7. The van der Waals surface area contributed by atoms with Crippen molar-refractivity contribution in [3.63, 3.8) is 0 Å². The fraction of sp³-hybridized carbons (Fsp3) is 0.550. The van der Waals surface area contributed by atoms with E-state index in [2.05, 4.69) is 0 Å². The van der Waals surface area contributed by atoms with Gasteiger partial charge in [-0.1, -0.05) is 6.07 Å². The van der Waals surface area contributed by atoms with E-state index in [1.807, 2.05) is 0 Å². The highest BCUT2D eigenvalue weighted by Crippen LogP contribution is 2.25. The minimum atomic E-state index is -1.76. The zero-order valence-electron chi connectivity index (χ0n) is 17.3. The molecule has 0 radical (unpaired) electrons. The van der Waals surface area contributed by atoms with Crippen LogP contribution in [-0.4, -0.2) is 121 Å². The van der Waals surface area contributed by atoms with Crippen molar-refractivity contribution < 1.29 is 65.0 Å². The first kappa shape index (κ1) is 26.9. The van der Waals surface area contributed by atoms with Gasteiger partial charge in [0.2, 0.25) is 0 Å². The molecule has 9 N–H and O–H groups in total. The fourth-order valence-corrected chi connectivity index (χ4v) is 2.87. The molecule has 0 bridgehead atoms. The lowest BCUT2D eigenvalue weighted by molar-refractivity contribution is -0.307. The molecule has 1 fully saturated rings. The minimum Gasteiger partial charge on any atom is -0.504 e. The van der Waals surface area contributed by atoms with E-state index in [1.165, 1.54) is 24.3 Å². The van der Waals surface area contributed by atoms with E-state index >= 15 is 0 Å². The van der Waals surface area contributed by atoms with Crippen molar-refractivity contribution in [3.8, 4) is 11.5 Å². The summed E-state index contributed by atoms with van der Waals surface area (Å²) in [5.41, 5.74) is 0.385. The van der Waals surface area contributed by atoms with Crippen LogP contribution >= 0.6 is 0 Å². The molecule has 8 unspecified atom stereocenters. The Bertz CT molecular complexity index is 800. The van der Waals surface area contributed by atoms with Crippen LogP contribution in [0.4, 0.5) is 0 Å². The van der Waals surface area contributed by atoms with E-state index in [4.69, 9.17) is 19.3 Å². The second kappa shape index (κ2) is 12.2. The summed E-state index contributed by atoms with van der Waals surface area (Å²) in [5, 5.41) is 86.3. The van der Waals surface area contributed by atoms with Crippen molar-refractivity contribution in [2.24, 2.45) is 0 Å². The van der Waals surface area contributed by atoms with Crippen molar-refractivity contribution >= 4 is 12.0 Å². The molecule has 0 aromatic heterocycles. The van der Waals surface area contributed by atoms with E-state index in [9.17, 15) is 45.6 Å². The van der Waals surface area contributed by atoms with Gasteiger partial charge in [-0.2, -0.15) is 0 Å². The Morgan fingerprint density at radius 2 is 1.73 bits per heavy atom. The predicted molar refractivity (Wildman–Crippen MR) is 108 cm³/mol. The summed E-state index contributed by atoms with van der Waals surface area (Å²) in [4.78, 5) is 11.9. The Balaban J connectivity index is 1.91. The molecule has 1 aromatic carbocycles. The maximum absolute atomic E-state index is 11.9. The first-order valence-corrected chi connectivity index (χ1v) is 9.88. The summed E-state index contributed by atoms with van der Waals surface area (Å²) >= 11 is 0. The lowest BCUT2D eigenvalue weighted by atomic mass is 9.99. The molecule has 13 nitrogen and oxygen atoms in total. The molecule has 1 saturated heterocycles. The zero-order chi connectivity index (χ0) is 24.7. The number of phenolic OH excluding ortho intramolecular Hbond substituents is 2. The van der Waals surface area contributed by atoms with Gasteiger partial charge in [-0.15, -0.1) is 0 Å². The molecule has 1 aliphatic rings. The Kier molecular flexibility index (Phi) is 9.97. The molecular weight excluding hydrogens is 448 g/mol. The average Bonchev–Trinajstić information content (AvgIpc) is 2.80. The summed E-state index contributed by atoms with van der Waals surface area (Å²) in [6.07, 6.45) is -10.9. The van der Waals surface area contributed by atoms with Gasteiger partial charge in [0, 0.05) is 6.08 Å². The third-order valence-corrected chi connectivity index (χ3v) is 4.88. The van der Waals surface area contributed by atoms with Gasteiger partial charge in [0.1, 0.15) is 49.3 Å². The number of phenols is 2. The molecule has 2 rings (SSSR count). The fourth-order valence-electron chi connectivity index (χ4n) is 2.87. The van der Waals surface area contributed by atoms with E-state index in [0.29, 0.717) is 5.56 Å². The highest BCUT2D eigenvalue weighted by molar-refractivity contribution is 5.87. The summed E-state index contributed by atoms with van der Waals surface area (Å²) in [6, 6.07) is 3.86. The van der Waals surface area contributed by atoms with Gasteiger partial charge >= 0.3 is 5.97 Å². The van der Waals surface area contributed by atoms with Gasteiger partial charge in [-0.05, 0) is 23.8 Å². The molecule has 33 heavy (non-hydrogen) atoms. The number of ether oxygens (including phenoxy) is 3. The lowest BCUT2D eigenvalue weighted by Crippen LogP contribution is -2.60. The number of aromatic hydroxyl groups is 2. The number of carbonyl (C=O) groups is 1. The Labute approximate surface area is 187 Å². The zero-order valence-corrected chi connectivity index (χ0v) is 17.3. The van der Waals surface area contributed by atoms with Crippen LogP contribution in [0.25, 0.3) is 6.08 Å². The van der Waals surface area contributed by atoms with Gasteiger partial charge in [0.25, 0.3) is 0 Å². The maximum Gasteiger partial charge on any atom is 0.330 e. The van der Waals surface area contributed by atoms with Crippen LogP contribution in [0.3, 0.4) is 0 Å². The first-order valence-electron chi connectivity index (χ1n) is 9.88. The van der Waals surface area contributed by atoms with Crippen molar-refractivity contribution in [1.82, 2.24) is 0 Å². The number of esters is 1. The lowest BCUT2D eigenvalue weighted by Gasteiger charge is -2.40. The van der Waals surface area contributed by atoms with Crippen LogP contribution in [0.15, 0.2) is 24.3 Å². The SMILES string of the molecule is O=C(/C=C/c1ccc(O)c(O)c1)OCC1OC(OCC(O)C(O)C(O)CO)C(O)C(O)C1O. The molecule has 1 aromatic rings. The van der Waals surface area contributed by atoms with Gasteiger partial charge in [0.05, 0.1) is 13.2 Å². The molecule has 13 heteroatoms. The molecule has 1 aliphatic heterocycles.